The van der Waals surface area contributed by atoms with E-state index in [0.29, 0.717) is 16.8 Å². The lowest BCUT2D eigenvalue weighted by atomic mass is 10.1. The molecular weight excluding hydrogens is 210 g/mol. The van der Waals surface area contributed by atoms with Gasteiger partial charge in [-0.05, 0) is 24.5 Å². The first-order chi connectivity index (χ1) is 7.13. The second-order valence-corrected chi connectivity index (χ2v) is 4.16. The van der Waals surface area contributed by atoms with Gasteiger partial charge < -0.3 is 5.32 Å². The monoisotopic (exact) mass is 223 g/mol. The van der Waals surface area contributed by atoms with Crippen molar-refractivity contribution in [1.82, 2.24) is 4.98 Å². The SMILES string of the molecule is CC(C)CCNc1ccc(Cl)c(C#N)n1. The van der Waals surface area contributed by atoms with Crippen molar-refractivity contribution in [2.45, 2.75) is 20.3 Å². The van der Waals surface area contributed by atoms with Crippen LogP contribution in [-0.4, -0.2) is 11.5 Å². The average Bonchev–Trinajstić information content (AvgIpc) is 2.20. The Balaban J connectivity index is 2.60. The molecule has 1 N–H and O–H groups in total. The van der Waals surface area contributed by atoms with E-state index >= 15 is 0 Å². The van der Waals surface area contributed by atoms with E-state index in [-0.39, 0.29) is 5.69 Å². The summed E-state index contributed by atoms with van der Waals surface area (Å²) in [5, 5.41) is 12.3. The van der Waals surface area contributed by atoms with Crippen molar-refractivity contribution in [3.63, 3.8) is 0 Å². The summed E-state index contributed by atoms with van der Waals surface area (Å²) in [5.41, 5.74) is 0.270. The molecule has 0 aromatic carbocycles. The molecule has 0 radical (unpaired) electrons. The molecule has 4 heteroatoms. The van der Waals surface area contributed by atoms with E-state index < -0.39 is 0 Å². The summed E-state index contributed by atoms with van der Waals surface area (Å²) in [4.78, 5) is 4.08. The summed E-state index contributed by atoms with van der Waals surface area (Å²) >= 11 is 5.77. The van der Waals surface area contributed by atoms with Crippen molar-refractivity contribution in [1.29, 1.82) is 5.26 Å². The van der Waals surface area contributed by atoms with Crippen molar-refractivity contribution in [2.75, 3.05) is 11.9 Å². The van der Waals surface area contributed by atoms with Gasteiger partial charge in [-0.2, -0.15) is 5.26 Å². The zero-order chi connectivity index (χ0) is 11.3. The van der Waals surface area contributed by atoms with Crippen molar-refractivity contribution in [3.8, 4) is 6.07 Å². The van der Waals surface area contributed by atoms with Gasteiger partial charge in [-0.25, -0.2) is 4.98 Å². The van der Waals surface area contributed by atoms with E-state index in [0.717, 1.165) is 13.0 Å². The number of rotatable bonds is 4. The maximum atomic E-state index is 8.73. The topological polar surface area (TPSA) is 48.7 Å². The van der Waals surface area contributed by atoms with Gasteiger partial charge >= 0.3 is 0 Å². The third-order valence-corrected chi connectivity index (χ3v) is 2.28. The molecule has 3 nitrogen and oxygen atoms in total. The zero-order valence-corrected chi connectivity index (χ0v) is 9.67. The summed E-state index contributed by atoms with van der Waals surface area (Å²) in [7, 11) is 0. The predicted octanol–water partition coefficient (Wildman–Crippen LogP) is 3.06. The van der Waals surface area contributed by atoms with Crippen LogP contribution in [0.1, 0.15) is 26.0 Å². The van der Waals surface area contributed by atoms with Crippen LogP contribution in [0.2, 0.25) is 5.02 Å². The summed E-state index contributed by atoms with van der Waals surface area (Å²) < 4.78 is 0. The predicted molar refractivity (Wildman–Crippen MR) is 61.9 cm³/mol. The fraction of sp³-hybridized carbons (Fsp3) is 0.455. The van der Waals surface area contributed by atoms with Crippen LogP contribution in [0.4, 0.5) is 5.82 Å². The third kappa shape index (κ3) is 3.77. The Morgan fingerprint density at radius 2 is 2.27 bits per heavy atom. The molecule has 1 heterocycles. The van der Waals surface area contributed by atoms with E-state index in [9.17, 15) is 0 Å². The number of hydrogen-bond acceptors (Lipinski definition) is 3. The van der Waals surface area contributed by atoms with Gasteiger partial charge in [0.1, 0.15) is 11.9 Å². The Kier molecular flexibility index (Phi) is 4.38. The van der Waals surface area contributed by atoms with Crippen LogP contribution in [-0.2, 0) is 0 Å². The number of nitrogens with one attached hydrogen (secondary N) is 1. The van der Waals surface area contributed by atoms with Crippen LogP contribution in [0.5, 0.6) is 0 Å². The molecule has 1 aromatic heterocycles. The van der Waals surface area contributed by atoms with Crippen molar-refractivity contribution >= 4 is 17.4 Å². The maximum Gasteiger partial charge on any atom is 0.161 e. The van der Waals surface area contributed by atoms with E-state index in [2.05, 4.69) is 24.1 Å². The summed E-state index contributed by atoms with van der Waals surface area (Å²) in [5.74, 6) is 1.36. The molecule has 0 saturated carbocycles. The van der Waals surface area contributed by atoms with Gasteiger partial charge in [-0.1, -0.05) is 25.4 Å². The lowest BCUT2D eigenvalue weighted by Crippen LogP contribution is -2.06. The van der Waals surface area contributed by atoms with Gasteiger partial charge in [-0.3, -0.25) is 0 Å². The summed E-state index contributed by atoms with van der Waals surface area (Å²) in [6, 6.07) is 5.42. The first-order valence-electron chi connectivity index (χ1n) is 4.94. The molecule has 0 bridgehead atoms. The molecule has 0 spiro atoms. The second kappa shape index (κ2) is 5.57. The van der Waals surface area contributed by atoms with Gasteiger partial charge in [0.05, 0.1) is 5.02 Å². The average molecular weight is 224 g/mol. The van der Waals surface area contributed by atoms with Gasteiger partial charge in [0.2, 0.25) is 0 Å². The maximum absolute atomic E-state index is 8.73. The quantitative estimate of drug-likeness (QED) is 0.854. The minimum absolute atomic E-state index is 0.270. The van der Waals surface area contributed by atoms with Crippen LogP contribution in [0.25, 0.3) is 0 Å². The van der Waals surface area contributed by atoms with Crippen molar-refractivity contribution in [2.24, 2.45) is 5.92 Å². The number of halogens is 1. The Morgan fingerprint density at radius 3 is 2.87 bits per heavy atom. The molecule has 1 rings (SSSR count). The van der Waals surface area contributed by atoms with Crippen molar-refractivity contribution < 1.29 is 0 Å². The Labute approximate surface area is 95.1 Å². The van der Waals surface area contributed by atoms with Gasteiger partial charge in [0.15, 0.2) is 5.69 Å². The number of nitrogens with zero attached hydrogens (tertiary/aromatic N) is 2. The highest BCUT2D eigenvalue weighted by Crippen LogP contribution is 2.15. The molecule has 80 valence electrons. The highest BCUT2D eigenvalue weighted by molar-refractivity contribution is 6.31. The van der Waals surface area contributed by atoms with E-state index in [1.807, 2.05) is 6.07 Å². The molecule has 0 amide bonds. The molecule has 0 atom stereocenters. The lowest BCUT2D eigenvalue weighted by molar-refractivity contribution is 0.606. The highest BCUT2D eigenvalue weighted by atomic mass is 35.5. The van der Waals surface area contributed by atoms with E-state index in [1.54, 1.807) is 12.1 Å². The van der Waals surface area contributed by atoms with Crippen LogP contribution < -0.4 is 5.32 Å². The Hall–Kier alpha value is -1.27. The van der Waals surface area contributed by atoms with E-state index in [4.69, 9.17) is 16.9 Å². The number of pyridine rings is 1. The Bertz CT molecular complexity index is 369. The molecule has 0 saturated heterocycles. The third-order valence-electron chi connectivity index (χ3n) is 1.98. The number of hydrogen-bond donors (Lipinski definition) is 1. The number of aromatic nitrogens is 1. The van der Waals surface area contributed by atoms with Crippen molar-refractivity contribution in [3.05, 3.63) is 22.8 Å². The van der Waals surface area contributed by atoms with Crippen LogP contribution in [0, 0.1) is 17.2 Å². The smallest absolute Gasteiger partial charge is 0.161 e. The van der Waals surface area contributed by atoms with Gasteiger partial charge in [-0.15, -0.1) is 0 Å². The van der Waals surface area contributed by atoms with Crippen LogP contribution in [0.15, 0.2) is 12.1 Å². The lowest BCUT2D eigenvalue weighted by Gasteiger charge is -2.07. The molecule has 0 aliphatic carbocycles. The molecule has 0 aliphatic heterocycles. The fourth-order valence-corrected chi connectivity index (χ4v) is 1.26. The number of nitriles is 1. The molecule has 15 heavy (non-hydrogen) atoms. The molecular formula is C11H14ClN3. The second-order valence-electron chi connectivity index (χ2n) is 3.75. The first-order valence-corrected chi connectivity index (χ1v) is 5.31. The fourth-order valence-electron chi connectivity index (χ4n) is 1.11. The Morgan fingerprint density at radius 1 is 1.53 bits per heavy atom. The summed E-state index contributed by atoms with van der Waals surface area (Å²) in [6.07, 6.45) is 1.08. The molecule has 1 aromatic rings. The minimum atomic E-state index is 0.270. The van der Waals surface area contributed by atoms with Crippen LogP contribution >= 0.6 is 11.6 Å². The minimum Gasteiger partial charge on any atom is -0.370 e. The first kappa shape index (κ1) is 11.8. The highest BCUT2D eigenvalue weighted by Gasteiger charge is 2.02. The molecule has 0 unspecified atom stereocenters. The summed E-state index contributed by atoms with van der Waals surface area (Å²) in [6.45, 7) is 5.19. The largest absolute Gasteiger partial charge is 0.370 e. The van der Waals surface area contributed by atoms with Gasteiger partial charge in [0.25, 0.3) is 0 Å². The standard InChI is InChI=1S/C11H14ClN3/c1-8(2)5-6-14-11-4-3-9(12)10(7-13)15-11/h3-4,8H,5-6H2,1-2H3,(H,14,15). The van der Waals surface area contributed by atoms with E-state index in [1.165, 1.54) is 0 Å². The molecule has 0 aliphatic rings. The normalized spacial score (nSPS) is 10.1. The van der Waals surface area contributed by atoms with Gasteiger partial charge in [0, 0.05) is 6.54 Å². The molecule has 0 fully saturated rings. The number of anilines is 1. The van der Waals surface area contributed by atoms with Crippen LogP contribution in [0.3, 0.4) is 0 Å². The zero-order valence-electron chi connectivity index (χ0n) is 8.92.